The van der Waals surface area contributed by atoms with Crippen LogP contribution in [0, 0.1) is 0 Å². The van der Waals surface area contributed by atoms with E-state index in [2.05, 4.69) is 17.2 Å². The molecule has 0 fully saturated rings. The number of nitrogens with one attached hydrogen (secondary N) is 1. The van der Waals surface area contributed by atoms with Crippen LogP contribution in [-0.2, 0) is 17.7 Å². The second-order valence-corrected chi connectivity index (χ2v) is 3.14. The molecule has 4 nitrogen and oxygen atoms in total. The van der Waals surface area contributed by atoms with E-state index in [9.17, 15) is 0 Å². The Morgan fingerprint density at radius 3 is 3.14 bits per heavy atom. The minimum atomic E-state index is 0.674. The standard InChI is InChI=1S/C10H18N2O2/c1-3-4-9-7-12-10(14-9)8-11-5-6-13-2/h7,11H,3-6,8H2,1-2H3. The van der Waals surface area contributed by atoms with Gasteiger partial charge in [-0.25, -0.2) is 4.98 Å². The Bertz CT molecular complexity index is 248. The van der Waals surface area contributed by atoms with Crippen LogP contribution in [-0.4, -0.2) is 25.2 Å². The van der Waals surface area contributed by atoms with Gasteiger partial charge in [-0.3, -0.25) is 0 Å². The fourth-order valence-electron chi connectivity index (χ4n) is 1.16. The van der Waals surface area contributed by atoms with Crippen LogP contribution in [0.15, 0.2) is 10.6 Å². The van der Waals surface area contributed by atoms with Crippen LogP contribution in [0.2, 0.25) is 0 Å². The lowest BCUT2D eigenvalue weighted by atomic mass is 10.3. The third-order valence-corrected chi connectivity index (χ3v) is 1.86. The highest BCUT2D eigenvalue weighted by atomic mass is 16.5. The van der Waals surface area contributed by atoms with E-state index in [4.69, 9.17) is 9.15 Å². The van der Waals surface area contributed by atoms with Gasteiger partial charge in [-0.15, -0.1) is 0 Å². The zero-order valence-electron chi connectivity index (χ0n) is 8.88. The summed E-state index contributed by atoms with van der Waals surface area (Å²) < 4.78 is 10.4. The quantitative estimate of drug-likeness (QED) is 0.672. The van der Waals surface area contributed by atoms with Crippen molar-refractivity contribution >= 4 is 0 Å². The number of nitrogens with zero attached hydrogens (tertiary/aromatic N) is 1. The zero-order chi connectivity index (χ0) is 10.2. The molecule has 0 bridgehead atoms. The molecule has 1 aromatic rings. The molecule has 0 spiro atoms. The van der Waals surface area contributed by atoms with Gasteiger partial charge in [0.1, 0.15) is 5.76 Å². The summed E-state index contributed by atoms with van der Waals surface area (Å²) in [4.78, 5) is 4.16. The van der Waals surface area contributed by atoms with Crippen molar-refractivity contribution in [2.24, 2.45) is 0 Å². The van der Waals surface area contributed by atoms with Crippen LogP contribution in [0.3, 0.4) is 0 Å². The predicted molar refractivity (Wildman–Crippen MR) is 54.1 cm³/mol. The average Bonchev–Trinajstić information content (AvgIpc) is 2.61. The van der Waals surface area contributed by atoms with E-state index in [1.165, 1.54) is 0 Å². The van der Waals surface area contributed by atoms with Crippen LogP contribution in [0.5, 0.6) is 0 Å². The lowest BCUT2D eigenvalue weighted by Crippen LogP contribution is -2.18. The maximum absolute atomic E-state index is 5.49. The van der Waals surface area contributed by atoms with E-state index in [1.54, 1.807) is 13.3 Å². The molecule has 0 aromatic carbocycles. The fraction of sp³-hybridized carbons (Fsp3) is 0.700. The minimum absolute atomic E-state index is 0.674. The van der Waals surface area contributed by atoms with Crippen LogP contribution in [0.4, 0.5) is 0 Å². The maximum atomic E-state index is 5.49. The smallest absolute Gasteiger partial charge is 0.208 e. The van der Waals surface area contributed by atoms with Crippen molar-refractivity contribution in [1.82, 2.24) is 10.3 Å². The molecule has 1 aromatic heterocycles. The molecule has 14 heavy (non-hydrogen) atoms. The van der Waals surface area contributed by atoms with Gasteiger partial charge in [0.05, 0.1) is 19.3 Å². The second-order valence-electron chi connectivity index (χ2n) is 3.14. The van der Waals surface area contributed by atoms with Crippen molar-refractivity contribution in [3.8, 4) is 0 Å². The molecule has 0 aliphatic rings. The predicted octanol–water partition coefficient (Wildman–Crippen LogP) is 1.36. The Morgan fingerprint density at radius 1 is 1.57 bits per heavy atom. The van der Waals surface area contributed by atoms with E-state index in [-0.39, 0.29) is 0 Å². The number of aryl methyl sites for hydroxylation is 1. The Hall–Kier alpha value is -0.870. The molecule has 0 unspecified atom stereocenters. The molecular formula is C10H18N2O2. The molecule has 4 heteroatoms. The molecule has 1 rings (SSSR count). The monoisotopic (exact) mass is 198 g/mol. The molecule has 0 atom stereocenters. The summed E-state index contributed by atoms with van der Waals surface area (Å²) in [7, 11) is 1.69. The van der Waals surface area contributed by atoms with Crippen LogP contribution in [0.1, 0.15) is 25.0 Å². The summed E-state index contributed by atoms with van der Waals surface area (Å²) >= 11 is 0. The molecule has 0 radical (unpaired) electrons. The van der Waals surface area contributed by atoms with Crippen molar-refractivity contribution in [1.29, 1.82) is 0 Å². The van der Waals surface area contributed by atoms with Gasteiger partial charge in [0.15, 0.2) is 0 Å². The first-order valence-corrected chi connectivity index (χ1v) is 5.00. The Kier molecular flexibility index (Phi) is 5.25. The van der Waals surface area contributed by atoms with Gasteiger partial charge in [-0.1, -0.05) is 6.92 Å². The zero-order valence-corrected chi connectivity index (χ0v) is 8.88. The Labute approximate surface area is 84.7 Å². The number of methoxy groups -OCH3 is 1. The van der Waals surface area contributed by atoms with Crippen molar-refractivity contribution in [2.75, 3.05) is 20.3 Å². The summed E-state index contributed by atoms with van der Waals surface area (Å²) in [5, 5.41) is 3.18. The molecule has 1 heterocycles. The molecule has 0 aliphatic carbocycles. The van der Waals surface area contributed by atoms with Crippen LogP contribution < -0.4 is 5.32 Å². The van der Waals surface area contributed by atoms with E-state index in [0.717, 1.165) is 31.0 Å². The van der Waals surface area contributed by atoms with Gasteiger partial charge in [-0.2, -0.15) is 0 Å². The lowest BCUT2D eigenvalue weighted by Gasteiger charge is -1.99. The molecule has 0 saturated heterocycles. The number of hydrogen-bond donors (Lipinski definition) is 1. The minimum Gasteiger partial charge on any atom is -0.444 e. The van der Waals surface area contributed by atoms with Gasteiger partial charge < -0.3 is 14.5 Å². The highest BCUT2D eigenvalue weighted by Crippen LogP contribution is 2.05. The third kappa shape index (κ3) is 3.89. The molecule has 0 amide bonds. The Balaban J connectivity index is 2.22. The first-order valence-electron chi connectivity index (χ1n) is 5.00. The Morgan fingerprint density at radius 2 is 2.43 bits per heavy atom. The number of hydrogen-bond acceptors (Lipinski definition) is 4. The third-order valence-electron chi connectivity index (χ3n) is 1.86. The maximum Gasteiger partial charge on any atom is 0.208 e. The summed E-state index contributed by atoms with van der Waals surface area (Å²) in [6.45, 7) is 4.33. The van der Waals surface area contributed by atoms with E-state index in [1.807, 2.05) is 0 Å². The largest absolute Gasteiger partial charge is 0.444 e. The number of oxazole rings is 1. The number of ether oxygens (including phenoxy) is 1. The van der Waals surface area contributed by atoms with Crippen molar-refractivity contribution in [3.05, 3.63) is 17.8 Å². The van der Waals surface area contributed by atoms with Gasteiger partial charge in [-0.05, 0) is 6.42 Å². The van der Waals surface area contributed by atoms with Gasteiger partial charge in [0.2, 0.25) is 5.89 Å². The normalized spacial score (nSPS) is 10.7. The van der Waals surface area contributed by atoms with Crippen molar-refractivity contribution in [3.63, 3.8) is 0 Å². The van der Waals surface area contributed by atoms with Crippen molar-refractivity contribution in [2.45, 2.75) is 26.3 Å². The summed E-state index contributed by atoms with van der Waals surface area (Å²) in [6.07, 6.45) is 3.85. The number of aromatic nitrogens is 1. The summed E-state index contributed by atoms with van der Waals surface area (Å²) in [5.74, 6) is 1.72. The van der Waals surface area contributed by atoms with E-state index >= 15 is 0 Å². The highest BCUT2D eigenvalue weighted by molar-refractivity contribution is 4.93. The molecule has 1 N–H and O–H groups in total. The molecular weight excluding hydrogens is 180 g/mol. The van der Waals surface area contributed by atoms with Crippen LogP contribution >= 0.6 is 0 Å². The molecule has 0 saturated carbocycles. The van der Waals surface area contributed by atoms with E-state index in [0.29, 0.717) is 13.2 Å². The molecule has 0 aliphatic heterocycles. The van der Waals surface area contributed by atoms with Crippen molar-refractivity contribution < 1.29 is 9.15 Å². The van der Waals surface area contributed by atoms with Gasteiger partial charge in [0, 0.05) is 20.1 Å². The average molecular weight is 198 g/mol. The fourth-order valence-corrected chi connectivity index (χ4v) is 1.16. The lowest BCUT2D eigenvalue weighted by molar-refractivity contribution is 0.198. The second kappa shape index (κ2) is 6.56. The first-order chi connectivity index (χ1) is 6.86. The van der Waals surface area contributed by atoms with Gasteiger partial charge in [0.25, 0.3) is 0 Å². The van der Waals surface area contributed by atoms with E-state index < -0.39 is 0 Å². The summed E-state index contributed by atoms with van der Waals surface area (Å²) in [6, 6.07) is 0. The summed E-state index contributed by atoms with van der Waals surface area (Å²) in [5.41, 5.74) is 0. The van der Waals surface area contributed by atoms with Crippen LogP contribution in [0.25, 0.3) is 0 Å². The first kappa shape index (κ1) is 11.2. The van der Waals surface area contributed by atoms with Gasteiger partial charge >= 0.3 is 0 Å². The highest BCUT2D eigenvalue weighted by Gasteiger charge is 2.01. The SMILES string of the molecule is CCCc1cnc(CNCCOC)o1. The molecule has 80 valence electrons. The topological polar surface area (TPSA) is 47.3 Å². The number of rotatable bonds is 7.